The van der Waals surface area contributed by atoms with Gasteiger partial charge in [-0.3, -0.25) is 9.35 Å². The van der Waals surface area contributed by atoms with E-state index in [4.69, 9.17) is 9.47 Å². The zero-order valence-corrected chi connectivity index (χ0v) is 51.8. The fourth-order valence-corrected chi connectivity index (χ4v) is 12.0. The van der Waals surface area contributed by atoms with Gasteiger partial charge in [0.1, 0.15) is 24.4 Å². The average molecular weight is 1130 g/mol. The number of carbonyl (C=O) groups is 1. The number of carbonyl (C=O) groups excluding carboxylic acids is 1. The Morgan fingerprint density at radius 3 is 1.03 bits per heavy atom. The summed E-state index contributed by atoms with van der Waals surface area (Å²) in [5.74, 6) is -0.219. The highest BCUT2D eigenvalue weighted by molar-refractivity contribution is 7.80. The zero-order chi connectivity index (χ0) is 56.8. The first-order chi connectivity index (χ1) is 38.0. The Balaban J connectivity index is 2.24. The van der Waals surface area contributed by atoms with Crippen molar-refractivity contribution < 1.29 is 51.8 Å². The van der Waals surface area contributed by atoms with Crippen molar-refractivity contribution in [2.24, 2.45) is 0 Å². The van der Waals surface area contributed by atoms with Gasteiger partial charge in [0, 0.05) is 6.42 Å². The molecule has 1 aliphatic rings. The van der Waals surface area contributed by atoms with E-state index < -0.39 is 59.9 Å². The molecule has 7 atom stereocenters. The molecule has 7 unspecified atom stereocenters. The number of ether oxygens (including phenoxy) is 2. The fourth-order valence-electron chi connectivity index (χ4n) is 11.5. The third kappa shape index (κ3) is 46.6. The Labute approximate surface area is 481 Å². The summed E-state index contributed by atoms with van der Waals surface area (Å²) in [4.78, 5) is 13.2. The molecule has 0 aromatic heterocycles. The molecule has 1 aliphatic heterocycles. The number of amides is 1. The molecule has 0 spiro atoms. The molecular formula is C65H129NO11S. The highest BCUT2D eigenvalue weighted by Crippen LogP contribution is 2.27. The fraction of sp³-hybridized carbons (Fsp3) is 0.985. The number of rotatable bonds is 61. The van der Waals surface area contributed by atoms with Crippen LogP contribution in [0.2, 0.25) is 0 Å². The van der Waals surface area contributed by atoms with E-state index in [-0.39, 0.29) is 12.5 Å². The molecular weight excluding hydrogens is 1000 g/mol. The second-order valence-corrected chi connectivity index (χ2v) is 25.2. The van der Waals surface area contributed by atoms with Gasteiger partial charge in [0.15, 0.2) is 6.29 Å². The quantitative estimate of drug-likeness (QED) is 0.0251. The molecule has 1 saturated heterocycles. The molecule has 0 radical (unpaired) electrons. The number of nitrogens with one attached hydrogen (secondary N) is 1. The monoisotopic (exact) mass is 1130 g/mol. The molecule has 0 aliphatic carbocycles. The van der Waals surface area contributed by atoms with Gasteiger partial charge in [0.05, 0.1) is 25.4 Å². The molecule has 1 amide bonds. The van der Waals surface area contributed by atoms with E-state index in [2.05, 4.69) is 23.3 Å². The van der Waals surface area contributed by atoms with Crippen LogP contribution >= 0.6 is 0 Å². The lowest BCUT2D eigenvalue weighted by Crippen LogP contribution is -2.61. The molecule has 0 aromatic rings. The number of hydrogen-bond donors (Lipinski definition) is 6. The lowest BCUT2D eigenvalue weighted by Gasteiger charge is -2.41. The maximum Gasteiger partial charge on any atom is 0.397 e. The maximum atomic E-state index is 13.2. The molecule has 0 saturated carbocycles. The molecule has 78 heavy (non-hydrogen) atoms. The second kappa shape index (κ2) is 55.3. The first-order valence-corrected chi connectivity index (χ1v) is 35.3. The minimum atomic E-state index is -5.08. The largest absolute Gasteiger partial charge is 0.397 e. The standard InChI is InChI=1S/C65H129NO11S/c1-3-5-7-9-11-13-15-17-19-21-23-25-27-28-29-30-31-33-35-37-39-41-43-45-47-49-51-53-55-61(69)66-58(57-75-65-63(71)64(77-78(72,73)74)62(70)60(56-67)76-65)59(68)54-52-50-48-46-44-42-40-38-36-34-32-26-24-22-20-18-16-14-12-10-8-6-4-2/h58-60,62-65,67-68,70-71H,3-57H2,1-2H3,(H,66,69)(H,72,73,74). The molecule has 0 bridgehead atoms. The van der Waals surface area contributed by atoms with Crippen LogP contribution in [0.5, 0.6) is 0 Å². The van der Waals surface area contributed by atoms with E-state index >= 15 is 0 Å². The van der Waals surface area contributed by atoms with Crippen molar-refractivity contribution in [3.8, 4) is 0 Å². The predicted octanol–water partition coefficient (Wildman–Crippen LogP) is 17.2. The van der Waals surface area contributed by atoms with Crippen molar-refractivity contribution in [3.63, 3.8) is 0 Å². The van der Waals surface area contributed by atoms with E-state index in [1.165, 1.54) is 276 Å². The van der Waals surface area contributed by atoms with Gasteiger partial charge in [-0.25, -0.2) is 4.18 Å². The van der Waals surface area contributed by atoms with E-state index in [1.807, 2.05) is 0 Å². The molecule has 6 N–H and O–H groups in total. The van der Waals surface area contributed by atoms with Gasteiger partial charge in [0.2, 0.25) is 5.91 Å². The van der Waals surface area contributed by atoms with Gasteiger partial charge in [-0.15, -0.1) is 0 Å². The average Bonchev–Trinajstić information content (AvgIpc) is 3.45. The summed E-state index contributed by atoms with van der Waals surface area (Å²) in [7, 11) is -5.08. The van der Waals surface area contributed by atoms with Crippen LogP contribution in [0.25, 0.3) is 0 Å². The normalized spacial score (nSPS) is 18.7. The van der Waals surface area contributed by atoms with Crippen LogP contribution < -0.4 is 5.32 Å². The number of aliphatic hydroxyl groups is 4. The van der Waals surface area contributed by atoms with Crippen LogP contribution in [0.3, 0.4) is 0 Å². The van der Waals surface area contributed by atoms with Gasteiger partial charge in [-0.2, -0.15) is 8.42 Å². The molecule has 1 heterocycles. The highest BCUT2D eigenvalue weighted by atomic mass is 32.3. The van der Waals surface area contributed by atoms with E-state index in [9.17, 15) is 38.2 Å². The van der Waals surface area contributed by atoms with Crippen molar-refractivity contribution >= 4 is 16.3 Å². The Kier molecular flexibility index (Phi) is 53.3. The van der Waals surface area contributed by atoms with Gasteiger partial charge >= 0.3 is 10.4 Å². The molecule has 0 aromatic carbocycles. The highest BCUT2D eigenvalue weighted by Gasteiger charge is 2.48. The third-order valence-electron chi connectivity index (χ3n) is 16.7. The van der Waals surface area contributed by atoms with Crippen LogP contribution in [-0.4, -0.2) is 95.4 Å². The van der Waals surface area contributed by atoms with Crippen LogP contribution in [0, 0.1) is 0 Å². The van der Waals surface area contributed by atoms with Crippen LogP contribution in [0.4, 0.5) is 0 Å². The molecule has 1 fully saturated rings. The predicted molar refractivity (Wildman–Crippen MR) is 324 cm³/mol. The van der Waals surface area contributed by atoms with Gasteiger partial charge in [0.25, 0.3) is 0 Å². The smallest absolute Gasteiger partial charge is 0.394 e. The number of unbranched alkanes of at least 4 members (excludes halogenated alkanes) is 49. The number of hydrogen-bond acceptors (Lipinski definition) is 10. The zero-order valence-electron chi connectivity index (χ0n) is 51.0. The first kappa shape index (κ1) is 75.1. The van der Waals surface area contributed by atoms with Crippen molar-refractivity contribution in [2.45, 2.75) is 397 Å². The molecule has 13 heteroatoms. The minimum absolute atomic E-state index is 0.219. The molecule has 12 nitrogen and oxygen atoms in total. The summed E-state index contributed by atoms with van der Waals surface area (Å²) in [5.41, 5.74) is 0. The van der Waals surface area contributed by atoms with E-state index in [0.717, 1.165) is 51.4 Å². The lowest BCUT2D eigenvalue weighted by atomic mass is 9.99. The van der Waals surface area contributed by atoms with Crippen molar-refractivity contribution in [2.75, 3.05) is 13.2 Å². The minimum Gasteiger partial charge on any atom is -0.394 e. The summed E-state index contributed by atoms with van der Waals surface area (Å²) in [6.07, 6.45) is 58.4. The van der Waals surface area contributed by atoms with Gasteiger partial charge < -0.3 is 35.2 Å². The maximum absolute atomic E-state index is 13.2. The van der Waals surface area contributed by atoms with Crippen LogP contribution in [0.15, 0.2) is 0 Å². The Morgan fingerprint density at radius 1 is 0.462 bits per heavy atom. The lowest BCUT2D eigenvalue weighted by molar-refractivity contribution is -0.298. The Morgan fingerprint density at radius 2 is 0.744 bits per heavy atom. The SMILES string of the molecule is CCCCCCCCCCCCCCCCCCCCCCCCCCCCCCC(=O)NC(COC1OC(CO)C(O)C(OS(=O)(=O)O)C1O)C(O)CCCCCCCCCCCCCCCCCCCCCCCCC. The molecule has 1 rings (SSSR count). The van der Waals surface area contributed by atoms with Crippen LogP contribution in [-0.2, 0) is 28.9 Å². The summed E-state index contributed by atoms with van der Waals surface area (Å²) < 4.78 is 48.1. The third-order valence-corrected chi connectivity index (χ3v) is 17.1. The van der Waals surface area contributed by atoms with Crippen molar-refractivity contribution in [3.05, 3.63) is 0 Å². The van der Waals surface area contributed by atoms with Gasteiger partial charge in [-0.1, -0.05) is 335 Å². The summed E-state index contributed by atoms with van der Waals surface area (Å²) in [6.45, 7) is 3.53. The Bertz CT molecular complexity index is 1380. The van der Waals surface area contributed by atoms with Gasteiger partial charge in [-0.05, 0) is 12.8 Å². The summed E-state index contributed by atoms with van der Waals surface area (Å²) in [5, 5.41) is 45.3. The second-order valence-electron chi connectivity index (χ2n) is 24.1. The van der Waals surface area contributed by atoms with Crippen molar-refractivity contribution in [1.82, 2.24) is 5.32 Å². The molecule has 466 valence electrons. The number of aliphatic hydroxyl groups excluding tert-OH is 4. The summed E-state index contributed by atoms with van der Waals surface area (Å²) >= 11 is 0. The Hall–Kier alpha value is -0.900. The topological polar surface area (TPSA) is 192 Å². The van der Waals surface area contributed by atoms with Crippen LogP contribution in [0.1, 0.15) is 354 Å². The van der Waals surface area contributed by atoms with E-state index in [1.54, 1.807) is 0 Å². The van der Waals surface area contributed by atoms with E-state index in [0.29, 0.717) is 12.8 Å². The first-order valence-electron chi connectivity index (χ1n) is 33.9. The van der Waals surface area contributed by atoms with Crippen molar-refractivity contribution in [1.29, 1.82) is 0 Å². The summed E-state index contributed by atoms with van der Waals surface area (Å²) in [6, 6.07) is -0.854.